The topological polar surface area (TPSA) is 20.3 Å². The van der Waals surface area contributed by atoms with Crippen LogP contribution in [0.5, 0.6) is 0 Å². The van der Waals surface area contributed by atoms with Gasteiger partial charge in [0.25, 0.3) is 0 Å². The van der Waals surface area contributed by atoms with E-state index in [0.29, 0.717) is 6.04 Å². The molecule has 0 bridgehead atoms. The number of allylic oxidation sites excluding steroid dienone is 1. The molecule has 1 saturated carbocycles. The van der Waals surface area contributed by atoms with Crippen molar-refractivity contribution < 1.29 is 4.79 Å². The number of hydrogen-bond donors (Lipinski definition) is 0. The summed E-state index contributed by atoms with van der Waals surface area (Å²) in [7, 11) is 0. The lowest BCUT2D eigenvalue weighted by atomic mass is 9.78. The van der Waals surface area contributed by atoms with Gasteiger partial charge in [-0.15, -0.1) is 0 Å². The molecule has 0 aromatic carbocycles. The molecule has 0 N–H and O–H groups in total. The number of likely N-dealkylation sites (tertiary alicyclic amines) is 1. The van der Waals surface area contributed by atoms with Crippen molar-refractivity contribution in [2.75, 3.05) is 6.54 Å². The molecule has 0 radical (unpaired) electrons. The summed E-state index contributed by atoms with van der Waals surface area (Å²) in [5, 5.41) is 0. The normalized spacial score (nSPS) is 29.5. The largest absolute Gasteiger partial charge is 0.336 e. The van der Waals surface area contributed by atoms with Crippen LogP contribution in [0, 0.1) is 5.92 Å². The van der Waals surface area contributed by atoms with Crippen molar-refractivity contribution in [2.45, 2.75) is 58.4 Å². The predicted molar refractivity (Wildman–Crippen MR) is 66.1 cm³/mol. The molecule has 2 rings (SSSR count). The highest BCUT2D eigenvalue weighted by atomic mass is 16.2. The van der Waals surface area contributed by atoms with Crippen LogP contribution in [-0.4, -0.2) is 23.4 Å². The highest BCUT2D eigenvalue weighted by Gasteiger charge is 2.34. The number of piperidine rings is 1. The minimum absolute atomic E-state index is 0.247. The van der Waals surface area contributed by atoms with E-state index in [4.69, 9.17) is 0 Å². The van der Waals surface area contributed by atoms with Crippen molar-refractivity contribution in [2.24, 2.45) is 5.92 Å². The van der Waals surface area contributed by atoms with Gasteiger partial charge in [-0.1, -0.05) is 18.4 Å². The summed E-state index contributed by atoms with van der Waals surface area (Å²) in [5.41, 5.74) is 1.11. The first-order valence-corrected chi connectivity index (χ1v) is 6.64. The fraction of sp³-hybridized carbons (Fsp3) is 0.786. The van der Waals surface area contributed by atoms with Gasteiger partial charge in [0.05, 0.1) is 0 Å². The molecule has 2 nitrogen and oxygen atoms in total. The molecule has 1 heterocycles. The Kier molecular flexibility index (Phi) is 3.67. The number of hydrogen-bond acceptors (Lipinski definition) is 1. The molecular formula is C14H23NO. The molecule has 0 spiro atoms. The molecule has 2 heteroatoms. The van der Waals surface area contributed by atoms with Crippen LogP contribution in [0.15, 0.2) is 11.6 Å². The van der Waals surface area contributed by atoms with Crippen LogP contribution >= 0.6 is 0 Å². The lowest BCUT2D eigenvalue weighted by Gasteiger charge is -2.43. The maximum absolute atomic E-state index is 12.1. The quantitative estimate of drug-likeness (QED) is 0.623. The SMILES string of the molecule is CC(C)=CC(=O)N1CCCC2CCCCC21. The monoisotopic (exact) mass is 221 g/mol. The van der Waals surface area contributed by atoms with Crippen LogP contribution in [0.3, 0.4) is 0 Å². The van der Waals surface area contributed by atoms with Crippen molar-refractivity contribution in [3.05, 3.63) is 11.6 Å². The first-order chi connectivity index (χ1) is 7.68. The van der Waals surface area contributed by atoms with Crippen molar-refractivity contribution in [3.8, 4) is 0 Å². The molecule has 0 aromatic rings. The highest BCUT2D eigenvalue weighted by Crippen LogP contribution is 2.35. The van der Waals surface area contributed by atoms with E-state index < -0.39 is 0 Å². The molecule has 2 unspecified atom stereocenters. The van der Waals surface area contributed by atoms with E-state index in [-0.39, 0.29) is 5.91 Å². The summed E-state index contributed by atoms with van der Waals surface area (Å²) >= 11 is 0. The number of amides is 1. The van der Waals surface area contributed by atoms with Crippen molar-refractivity contribution in [3.63, 3.8) is 0 Å². The first-order valence-electron chi connectivity index (χ1n) is 6.64. The Labute approximate surface area is 98.7 Å². The zero-order chi connectivity index (χ0) is 11.5. The summed E-state index contributed by atoms with van der Waals surface area (Å²) in [5.74, 6) is 1.04. The number of carbonyl (C=O) groups is 1. The van der Waals surface area contributed by atoms with E-state index in [2.05, 4.69) is 4.90 Å². The Morgan fingerprint density at radius 3 is 2.56 bits per heavy atom. The van der Waals surface area contributed by atoms with Crippen molar-refractivity contribution in [1.29, 1.82) is 0 Å². The van der Waals surface area contributed by atoms with Gasteiger partial charge in [-0.05, 0) is 45.4 Å². The molecule has 1 saturated heterocycles. The fourth-order valence-electron chi connectivity index (χ4n) is 3.23. The smallest absolute Gasteiger partial charge is 0.246 e. The van der Waals surface area contributed by atoms with Crippen molar-refractivity contribution >= 4 is 5.91 Å². The minimum atomic E-state index is 0.247. The third-order valence-corrected chi connectivity index (χ3v) is 3.94. The Morgan fingerprint density at radius 2 is 1.81 bits per heavy atom. The van der Waals surface area contributed by atoms with Crippen LogP contribution in [0.25, 0.3) is 0 Å². The fourth-order valence-corrected chi connectivity index (χ4v) is 3.23. The highest BCUT2D eigenvalue weighted by molar-refractivity contribution is 5.88. The summed E-state index contributed by atoms with van der Waals surface area (Å²) in [6, 6.07) is 0.547. The lowest BCUT2D eigenvalue weighted by Crippen LogP contribution is -2.49. The number of nitrogens with zero attached hydrogens (tertiary/aromatic N) is 1. The maximum atomic E-state index is 12.1. The molecule has 1 aliphatic heterocycles. The Balaban J connectivity index is 2.07. The summed E-state index contributed by atoms with van der Waals surface area (Å²) in [4.78, 5) is 14.3. The van der Waals surface area contributed by atoms with Gasteiger partial charge in [-0.3, -0.25) is 4.79 Å². The summed E-state index contributed by atoms with van der Waals surface area (Å²) in [6.07, 6.45) is 9.58. The van der Waals surface area contributed by atoms with Gasteiger partial charge in [-0.2, -0.15) is 0 Å². The van der Waals surface area contributed by atoms with Gasteiger partial charge in [0.1, 0.15) is 0 Å². The van der Waals surface area contributed by atoms with Gasteiger partial charge >= 0.3 is 0 Å². The zero-order valence-electron chi connectivity index (χ0n) is 10.5. The van der Waals surface area contributed by atoms with Gasteiger partial charge in [0.15, 0.2) is 0 Å². The zero-order valence-corrected chi connectivity index (χ0v) is 10.5. The van der Waals surface area contributed by atoms with Crippen LogP contribution in [0.2, 0.25) is 0 Å². The number of fused-ring (bicyclic) bond motifs is 1. The number of carbonyl (C=O) groups excluding carboxylic acids is 1. The van der Waals surface area contributed by atoms with E-state index in [0.717, 1.165) is 18.0 Å². The Hall–Kier alpha value is -0.790. The van der Waals surface area contributed by atoms with Crippen LogP contribution in [0.1, 0.15) is 52.4 Å². The van der Waals surface area contributed by atoms with E-state index in [1.54, 1.807) is 6.08 Å². The first kappa shape index (κ1) is 11.7. The van der Waals surface area contributed by atoms with Crippen LogP contribution in [-0.2, 0) is 4.79 Å². The average Bonchev–Trinajstić information content (AvgIpc) is 2.27. The molecule has 2 aliphatic rings. The second-order valence-corrected chi connectivity index (χ2v) is 5.51. The standard InChI is InChI=1S/C14H23NO/c1-11(2)10-14(16)15-9-5-7-12-6-3-4-8-13(12)15/h10,12-13H,3-9H2,1-2H3. The number of rotatable bonds is 1. The average molecular weight is 221 g/mol. The Bertz CT molecular complexity index is 289. The third-order valence-electron chi connectivity index (χ3n) is 3.94. The van der Waals surface area contributed by atoms with Gasteiger partial charge in [0, 0.05) is 18.7 Å². The molecule has 16 heavy (non-hydrogen) atoms. The van der Waals surface area contributed by atoms with Gasteiger partial charge in [-0.25, -0.2) is 0 Å². The molecule has 0 aromatic heterocycles. The molecule has 90 valence electrons. The van der Waals surface area contributed by atoms with Crippen LogP contribution < -0.4 is 0 Å². The third kappa shape index (κ3) is 2.47. The second-order valence-electron chi connectivity index (χ2n) is 5.51. The molecule has 2 fully saturated rings. The van der Waals surface area contributed by atoms with Gasteiger partial charge in [0.2, 0.25) is 5.91 Å². The van der Waals surface area contributed by atoms with Crippen LogP contribution in [0.4, 0.5) is 0 Å². The molecule has 1 amide bonds. The molecular weight excluding hydrogens is 198 g/mol. The van der Waals surface area contributed by atoms with E-state index in [9.17, 15) is 4.79 Å². The van der Waals surface area contributed by atoms with Crippen molar-refractivity contribution in [1.82, 2.24) is 4.90 Å². The van der Waals surface area contributed by atoms with E-state index in [1.165, 1.54) is 38.5 Å². The summed E-state index contributed by atoms with van der Waals surface area (Å²) in [6.45, 7) is 4.98. The minimum Gasteiger partial charge on any atom is -0.336 e. The van der Waals surface area contributed by atoms with Gasteiger partial charge < -0.3 is 4.90 Å². The molecule has 1 aliphatic carbocycles. The summed E-state index contributed by atoms with van der Waals surface area (Å²) < 4.78 is 0. The second kappa shape index (κ2) is 5.03. The Morgan fingerprint density at radius 1 is 1.12 bits per heavy atom. The maximum Gasteiger partial charge on any atom is 0.246 e. The van der Waals surface area contributed by atoms with E-state index >= 15 is 0 Å². The predicted octanol–water partition coefficient (Wildman–Crippen LogP) is 3.13. The van der Waals surface area contributed by atoms with E-state index in [1.807, 2.05) is 13.8 Å². The lowest BCUT2D eigenvalue weighted by molar-refractivity contribution is -0.132. The molecule has 2 atom stereocenters.